The van der Waals surface area contributed by atoms with Crippen LogP contribution >= 0.6 is 0 Å². The first kappa shape index (κ1) is 46.9. The Morgan fingerprint density at radius 1 is 0.177 bits per heavy atom. The highest BCUT2D eigenvalue weighted by molar-refractivity contribution is 6.06. The molecule has 11 aromatic carbocycles. The summed E-state index contributed by atoms with van der Waals surface area (Å²) >= 11 is 0. The van der Waals surface area contributed by atoms with E-state index in [1.54, 1.807) is 0 Å². The van der Waals surface area contributed by atoms with Gasteiger partial charge in [0, 0.05) is 44.2 Å². The molecule has 0 amide bonds. The van der Waals surface area contributed by atoms with Gasteiger partial charge < -0.3 is 4.42 Å². The fourth-order valence-electron chi connectivity index (χ4n) is 10.6. The van der Waals surface area contributed by atoms with Gasteiger partial charge in [-0.15, -0.1) is 0 Å². The largest absolute Gasteiger partial charge is 0.456 e. The lowest BCUT2D eigenvalue weighted by Gasteiger charge is -2.14. The number of nitrogens with zero attached hydrogens (tertiary/aromatic N) is 4. The van der Waals surface area contributed by atoms with Crippen molar-refractivity contribution in [3.63, 3.8) is 0 Å². The highest BCUT2D eigenvalue weighted by Gasteiger charge is 2.19. The topological polar surface area (TPSA) is 64.7 Å². The number of fused-ring (bicyclic) bond motifs is 3. The second-order valence-corrected chi connectivity index (χ2v) is 19.8. The Balaban J connectivity index is 0.961. The highest BCUT2D eigenvalue weighted by atomic mass is 16.3. The molecule has 14 aromatic rings. The van der Waals surface area contributed by atoms with Crippen molar-refractivity contribution < 1.29 is 4.42 Å². The maximum absolute atomic E-state index is 6.34. The molecular weight excluding hydrogens is 961 g/mol. The summed E-state index contributed by atoms with van der Waals surface area (Å²) in [6.45, 7) is 0. The minimum absolute atomic E-state index is 0.578. The van der Waals surface area contributed by atoms with Gasteiger partial charge in [0.25, 0.3) is 0 Å². The second kappa shape index (κ2) is 20.5. The molecule has 3 heterocycles. The van der Waals surface area contributed by atoms with Gasteiger partial charge >= 0.3 is 0 Å². The van der Waals surface area contributed by atoms with Crippen molar-refractivity contribution in [3.8, 4) is 123 Å². The van der Waals surface area contributed by atoms with Crippen LogP contribution in [0.4, 0.5) is 0 Å². The minimum atomic E-state index is 0.578. The van der Waals surface area contributed by atoms with Crippen molar-refractivity contribution in [2.75, 3.05) is 0 Å². The first-order valence-electron chi connectivity index (χ1n) is 26.6. The van der Waals surface area contributed by atoms with Gasteiger partial charge in [0.15, 0.2) is 11.6 Å². The quantitative estimate of drug-likeness (QED) is 0.129. The van der Waals surface area contributed by atoms with Crippen LogP contribution in [0.15, 0.2) is 296 Å². The van der Waals surface area contributed by atoms with Crippen LogP contribution in [0.2, 0.25) is 0 Å². The van der Waals surface area contributed by atoms with Crippen molar-refractivity contribution in [2.45, 2.75) is 0 Å². The molecule has 14 rings (SSSR count). The predicted octanol–water partition coefficient (Wildman–Crippen LogP) is 19.5. The van der Waals surface area contributed by atoms with Gasteiger partial charge in [0.2, 0.25) is 0 Å². The molecule has 0 aliphatic heterocycles. The van der Waals surface area contributed by atoms with Crippen molar-refractivity contribution in [3.05, 3.63) is 291 Å². The average molecular weight is 1010 g/mol. The Morgan fingerprint density at radius 2 is 0.456 bits per heavy atom. The van der Waals surface area contributed by atoms with Crippen LogP contribution in [0.1, 0.15) is 0 Å². The van der Waals surface area contributed by atoms with E-state index in [1.807, 2.05) is 36.4 Å². The molecule has 0 unspecified atom stereocenters. The number of aromatic nitrogens is 4. The summed E-state index contributed by atoms with van der Waals surface area (Å²) in [5.74, 6) is 1.16. The van der Waals surface area contributed by atoms with E-state index >= 15 is 0 Å². The fraction of sp³-hybridized carbons (Fsp3) is 0. The lowest BCUT2D eigenvalue weighted by atomic mass is 9.96. The van der Waals surface area contributed by atoms with Crippen LogP contribution in [0.3, 0.4) is 0 Å². The van der Waals surface area contributed by atoms with Gasteiger partial charge in [-0.05, 0) is 104 Å². The molecule has 0 aliphatic carbocycles. The van der Waals surface area contributed by atoms with Crippen molar-refractivity contribution >= 4 is 21.9 Å². The van der Waals surface area contributed by atoms with E-state index in [9.17, 15) is 0 Å². The summed E-state index contributed by atoms with van der Waals surface area (Å²) in [4.78, 5) is 21.8. The van der Waals surface area contributed by atoms with E-state index in [-0.39, 0.29) is 0 Å². The molecule has 0 N–H and O–H groups in total. The summed E-state index contributed by atoms with van der Waals surface area (Å²) in [5, 5.41) is 2.10. The van der Waals surface area contributed by atoms with E-state index in [0.717, 1.165) is 134 Å². The Morgan fingerprint density at radius 3 is 0.823 bits per heavy atom. The van der Waals surface area contributed by atoms with Gasteiger partial charge in [0.1, 0.15) is 11.2 Å². The molecular formula is C74H48N4O. The van der Waals surface area contributed by atoms with Crippen LogP contribution in [-0.4, -0.2) is 19.9 Å². The maximum atomic E-state index is 6.34. The monoisotopic (exact) mass is 1010 g/mol. The smallest absolute Gasteiger partial charge is 0.160 e. The molecule has 0 fully saturated rings. The van der Waals surface area contributed by atoms with E-state index in [0.29, 0.717) is 11.6 Å². The molecule has 0 saturated heterocycles. The molecule has 0 spiro atoms. The summed E-state index contributed by atoms with van der Waals surface area (Å²) in [5.41, 5.74) is 21.6. The van der Waals surface area contributed by atoms with Gasteiger partial charge in [-0.3, -0.25) is 0 Å². The SMILES string of the molecule is c1ccc(-c2ccc(-c3cc(-c4ccc(-c5ccccc5)cc4)nc(-c4cc(-c5ccc6oc7ccccc7c6c5)cc(-c5nc(-c6ccc(-c7ccccc7)cc6)cc(-c6ccc(-c7ccccc7)cc6)n5)c4)n3)cc2)cc1. The molecule has 0 radical (unpaired) electrons. The van der Waals surface area contributed by atoms with E-state index in [4.69, 9.17) is 24.4 Å². The third-order valence-corrected chi connectivity index (χ3v) is 14.8. The highest BCUT2D eigenvalue weighted by Crippen LogP contribution is 2.39. The lowest BCUT2D eigenvalue weighted by molar-refractivity contribution is 0.669. The van der Waals surface area contributed by atoms with Crippen LogP contribution < -0.4 is 0 Å². The third-order valence-electron chi connectivity index (χ3n) is 14.8. The third kappa shape index (κ3) is 9.58. The number of para-hydroxylation sites is 1. The number of rotatable bonds is 11. The van der Waals surface area contributed by atoms with Gasteiger partial charge in [-0.2, -0.15) is 0 Å². The summed E-state index contributed by atoms with van der Waals surface area (Å²) in [6, 6.07) is 102. The average Bonchev–Trinajstić information content (AvgIpc) is 3.92. The molecule has 3 aromatic heterocycles. The Labute approximate surface area is 458 Å². The molecule has 0 atom stereocenters. The zero-order valence-electron chi connectivity index (χ0n) is 42.9. The predicted molar refractivity (Wildman–Crippen MR) is 325 cm³/mol. The summed E-state index contributed by atoms with van der Waals surface area (Å²) < 4.78 is 6.34. The van der Waals surface area contributed by atoms with Crippen molar-refractivity contribution in [1.82, 2.24) is 19.9 Å². The lowest BCUT2D eigenvalue weighted by Crippen LogP contribution is -1.99. The number of hydrogen-bond donors (Lipinski definition) is 0. The van der Waals surface area contributed by atoms with E-state index in [2.05, 4.69) is 255 Å². The van der Waals surface area contributed by atoms with Crippen LogP contribution in [0.5, 0.6) is 0 Å². The second-order valence-electron chi connectivity index (χ2n) is 19.8. The Kier molecular flexibility index (Phi) is 12.2. The zero-order valence-corrected chi connectivity index (χ0v) is 42.9. The first-order chi connectivity index (χ1) is 39.1. The Hall–Kier alpha value is -10.6. The summed E-state index contributed by atoms with van der Waals surface area (Å²) in [7, 11) is 0. The number of furan rings is 1. The number of benzene rings is 11. The van der Waals surface area contributed by atoms with Crippen molar-refractivity contribution in [1.29, 1.82) is 0 Å². The molecule has 370 valence electrons. The fourth-order valence-corrected chi connectivity index (χ4v) is 10.6. The Bertz CT molecular complexity index is 4030. The number of hydrogen-bond acceptors (Lipinski definition) is 5. The molecule has 79 heavy (non-hydrogen) atoms. The summed E-state index contributed by atoms with van der Waals surface area (Å²) in [6.07, 6.45) is 0. The molecule has 5 nitrogen and oxygen atoms in total. The van der Waals surface area contributed by atoms with Crippen LogP contribution in [-0.2, 0) is 0 Å². The molecule has 0 saturated carbocycles. The van der Waals surface area contributed by atoms with E-state index in [1.165, 1.54) is 0 Å². The van der Waals surface area contributed by atoms with Gasteiger partial charge in [-0.1, -0.05) is 243 Å². The van der Waals surface area contributed by atoms with E-state index < -0.39 is 0 Å². The molecule has 0 aliphatic rings. The van der Waals surface area contributed by atoms with Crippen LogP contribution in [0, 0.1) is 0 Å². The zero-order chi connectivity index (χ0) is 52.5. The van der Waals surface area contributed by atoms with Crippen LogP contribution in [0.25, 0.3) is 145 Å². The molecule has 5 heteroatoms. The van der Waals surface area contributed by atoms with Gasteiger partial charge in [-0.25, -0.2) is 19.9 Å². The first-order valence-corrected chi connectivity index (χ1v) is 26.6. The maximum Gasteiger partial charge on any atom is 0.160 e. The normalized spacial score (nSPS) is 11.3. The standard InChI is InChI=1S/C74H48N4O/c1-5-15-49(16-6-1)53-25-33-57(34-26-53)67-47-68(58-35-27-54(28-36-58)50-17-7-2-8-18-50)76-73(75-67)63-43-62(61-41-42-72-66(46-61)65-23-13-14-24-71(65)79-72)44-64(45-63)74-77-69(59-37-29-55(30-38-59)51-19-9-3-10-20-51)48-70(78-74)60-39-31-56(32-40-60)52-21-11-4-12-22-52/h1-48H. The minimum Gasteiger partial charge on any atom is -0.456 e. The van der Waals surface area contributed by atoms with Crippen molar-refractivity contribution in [2.24, 2.45) is 0 Å². The van der Waals surface area contributed by atoms with Gasteiger partial charge in [0.05, 0.1) is 22.8 Å². The molecule has 0 bridgehead atoms.